The van der Waals surface area contributed by atoms with Gasteiger partial charge in [0.05, 0.1) is 29.6 Å². The number of nitrogens with one attached hydrogen (secondary N) is 2. The molecule has 0 aliphatic carbocycles. The Morgan fingerprint density at radius 2 is 1.93 bits per heavy atom. The maximum absolute atomic E-state index is 14.1. The van der Waals surface area contributed by atoms with Crippen LogP contribution in [0.4, 0.5) is 19.4 Å². The normalized spacial score (nSPS) is 16.4. The molecule has 0 radical (unpaired) electrons. The van der Waals surface area contributed by atoms with Gasteiger partial charge in [0, 0.05) is 63.3 Å². The molecule has 2 amide bonds. The Morgan fingerprint density at radius 3 is 2.63 bits per heavy atom. The molecule has 242 valence electrons. The second-order valence-electron chi connectivity index (χ2n) is 10.7. The molecule has 13 nitrogen and oxygen atoms in total. The molecule has 5 rings (SSSR count). The Labute approximate surface area is 262 Å². The molecule has 4 heterocycles. The molecule has 15 heteroatoms. The number of ether oxygens (including phenoxy) is 2. The van der Waals surface area contributed by atoms with Crippen LogP contribution >= 0.6 is 0 Å². The van der Waals surface area contributed by atoms with Crippen molar-refractivity contribution in [2.45, 2.75) is 32.6 Å². The van der Waals surface area contributed by atoms with Crippen LogP contribution in [-0.2, 0) is 32.8 Å². The number of hydroxylamine groups is 2. The smallest absolute Gasteiger partial charge is 0.320 e. The second-order valence-corrected chi connectivity index (χ2v) is 10.7. The molecule has 1 aliphatic heterocycles. The molecule has 46 heavy (non-hydrogen) atoms. The topological polar surface area (TPSA) is 142 Å². The largest absolute Gasteiger partial charge is 0.461 e. The summed E-state index contributed by atoms with van der Waals surface area (Å²) < 4.78 is 40.8. The van der Waals surface area contributed by atoms with E-state index in [0.717, 1.165) is 6.07 Å². The first kappa shape index (κ1) is 32.4. The fourth-order valence-electron chi connectivity index (χ4n) is 5.11. The lowest BCUT2D eigenvalue weighted by molar-refractivity contribution is -0.154. The lowest BCUT2D eigenvalue weighted by Crippen LogP contribution is -2.42. The molecule has 0 unspecified atom stereocenters. The summed E-state index contributed by atoms with van der Waals surface area (Å²) in [5.74, 6) is -2.55. The number of halogens is 2. The summed E-state index contributed by atoms with van der Waals surface area (Å²) >= 11 is 0. The van der Waals surface area contributed by atoms with Gasteiger partial charge >= 0.3 is 12.0 Å². The van der Waals surface area contributed by atoms with Crippen molar-refractivity contribution in [1.82, 2.24) is 29.7 Å². The molecule has 0 bridgehead atoms. The number of methoxy groups -OCH3 is 1. The highest BCUT2D eigenvalue weighted by Crippen LogP contribution is 2.32. The minimum atomic E-state index is -1.24. The number of urea groups is 1. The predicted molar refractivity (Wildman–Crippen MR) is 162 cm³/mol. The summed E-state index contributed by atoms with van der Waals surface area (Å²) in [6.07, 6.45) is 1.92. The third kappa shape index (κ3) is 7.11. The van der Waals surface area contributed by atoms with Gasteiger partial charge in [-0.15, -0.1) is 0 Å². The fraction of sp³-hybridized carbons (Fsp3) is 0.323. The number of aryl methyl sites for hydroxylation is 1. The lowest BCUT2D eigenvalue weighted by Gasteiger charge is -2.19. The van der Waals surface area contributed by atoms with Crippen LogP contribution < -0.4 is 16.2 Å². The summed E-state index contributed by atoms with van der Waals surface area (Å²) in [7, 11) is 3.12. The van der Waals surface area contributed by atoms with Gasteiger partial charge < -0.3 is 19.4 Å². The summed E-state index contributed by atoms with van der Waals surface area (Å²) in [6.45, 7) is 3.76. The van der Waals surface area contributed by atoms with Crippen molar-refractivity contribution < 1.29 is 32.7 Å². The van der Waals surface area contributed by atoms with Gasteiger partial charge in [-0.25, -0.2) is 18.9 Å². The molecule has 2 atom stereocenters. The van der Waals surface area contributed by atoms with E-state index in [1.54, 1.807) is 36.0 Å². The van der Waals surface area contributed by atoms with E-state index < -0.39 is 35.9 Å². The van der Waals surface area contributed by atoms with Gasteiger partial charge in [-0.1, -0.05) is 18.2 Å². The summed E-state index contributed by atoms with van der Waals surface area (Å²) in [5.41, 5.74) is 2.44. The van der Waals surface area contributed by atoms with Crippen LogP contribution in [0.15, 0.2) is 59.7 Å². The first-order chi connectivity index (χ1) is 22.0. The molecule has 3 aromatic heterocycles. The first-order valence-corrected chi connectivity index (χ1v) is 14.3. The van der Waals surface area contributed by atoms with Crippen molar-refractivity contribution in [3.8, 4) is 16.9 Å². The SMILES string of the molecule is COCCN1C[C@@H](NC(=O)Nc2c(C)c(-c3cc(COC(C)=O)c(=O)n(C)c3)nn2-c2ccccc2)[C@H](c2cnc(F)c(F)c2)O1. The number of para-hydroxylation sites is 1. The second kappa shape index (κ2) is 14.0. The molecule has 0 saturated carbocycles. The van der Waals surface area contributed by atoms with E-state index in [2.05, 4.69) is 15.6 Å². The Hall–Kier alpha value is -4.99. The number of rotatable bonds is 10. The Kier molecular flexibility index (Phi) is 9.84. The van der Waals surface area contributed by atoms with E-state index in [9.17, 15) is 23.2 Å². The van der Waals surface area contributed by atoms with Gasteiger partial charge in [-0.3, -0.25) is 19.7 Å². The Balaban J connectivity index is 1.47. The molecule has 1 fully saturated rings. The number of anilines is 1. The summed E-state index contributed by atoms with van der Waals surface area (Å²) in [6, 6.07) is 10.4. The number of aromatic nitrogens is 4. The monoisotopic (exact) mass is 637 g/mol. The van der Waals surface area contributed by atoms with Gasteiger partial charge in [-0.2, -0.15) is 14.6 Å². The molecular weight excluding hydrogens is 604 g/mol. The van der Waals surface area contributed by atoms with Crippen LogP contribution in [-0.4, -0.2) is 69.2 Å². The van der Waals surface area contributed by atoms with E-state index in [4.69, 9.17) is 19.4 Å². The number of nitrogens with zero attached hydrogens (tertiary/aromatic N) is 5. The minimum Gasteiger partial charge on any atom is -0.461 e. The van der Waals surface area contributed by atoms with Crippen molar-refractivity contribution in [3.05, 3.63) is 93.7 Å². The molecule has 4 aromatic rings. The number of amides is 2. The molecular formula is C31H33F2N7O6. The number of esters is 1. The Bertz CT molecular complexity index is 1800. The molecule has 0 spiro atoms. The summed E-state index contributed by atoms with van der Waals surface area (Å²) in [4.78, 5) is 47.1. The van der Waals surface area contributed by atoms with Gasteiger partial charge in [0.25, 0.3) is 5.56 Å². The average Bonchev–Trinajstić information content (AvgIpc) is 3.58. The van der Waals surface area contributed by atoms with Crippen LogP contribution in [0.3, 0.4) is 0 Å². The van der Waals surface area contributed by atoms with Gasteiger partial charge in [0.2, 0.25) is 5.95 Å². The standard InChI is InChI=1S/C31H33F2N7O6/c1-18-26(21-12-22(17-45-19(2)41)30(42)38(3)15-21)37-40(23-8-6-5-7-9-23)29(18)36-31(43)35-25-16-39(10-11-44-4)46-27(25)20-13-24(32)28(33)34-14-20/h5-9,12-15,25,27H,10-11,16-17H2,1-4H3,(H2,35,36,43)/t25-,27+/m1/s1. The van der Waals surface area contributed by atoms with Crippen molar-refractivity contribution in [1.29, 1.82) is 0 Å². The van der Waals surface area contributed by atoms with Gasteiger partial charge in [0.1, 0.15) is 18.5 Å². The third-order valence-electron chi connectivity index (χ3n) is 7.35. The summed E-state index contributed by atoms with van der Waals surface area (Å²) in [5, 5.41) is 12.1. The number of hydrogen-bond acceptors (Lipinski definition) is 9. The lowest BCUT2D eigenvalue weighted by atomic mass is 10.0. The van der Waals surface area contributed by atoms with E-state index in [1.165, 1.54) is 24.8 Å². The Morgan fingerprint density at radius 1 is 1.17 bits per heavy atom. The minimum absolute atomic E-state index is 0.207. The van der Waals surface area contributed by atoms with E-state index in [-0.39, 0.29) is 29.8 Å². The zero-order valence-corrected chi connectivity index (χ0v) is 25.6. The van der Waals surface area contributed by atoms with Gasteiger partial charge in [-0.05, 0) is 31.2 Å². The maximum Gasteiger partial charge on any atom is 0.320 e. The number of carbonyl (C=O) groups is 2. The number of pyridine rings is 2. The predicted octanol–water partition coefficient (Wildman–Crippen LogP) is 3.41. The molecule has 1 aliphatic rings. The van der Waals surface area contributed by atoms with E-state index in [0.29, 0.717) is 41.5 Å². The van der Waals surface area contributed by atoms with Crippen molar-refractivity contribution in [2.24, 2.45) is 7.05 Å². The van der Waals surface area contributed by atoms with Crippen LogP contribution in [0.1, 0.15) is 29.7 Å². The third-order valence-corrected chi connectivity index (χ3v) is 7.35. The van der Waals surface area contributed by atoms with Crippen molar-refractivity contribution >= 4 is 17.8 Å². The highest BCUT2D eigenvalue weighted by Gasteiger charge is 2.37. The number of benzene rings is 1. The quantitative estimate of drug-likeness (QED) is 0.198. The van der Waals surface area contributed by atoms with E-state index in [1.807, 2.05) is 30.3 Å². The maximum atomic E-state index is 14.1. The highest BCUT2D eigenvalue weighted by molar-refractivity contribution is 5.91. The van der Waals surface area contributed by atoms with Gasteiger partial charge in [0.15, 0.2) is 5.82 Å². The van der Waals surface area contributed by atoms with Crippen LogP contribution in [0.5, 0.6) is 0 Å². The van der Waals surface area contributed by atoms with Crippen molar-refractivity contribution in [2.75, 3.05) is 32.1 Å². The molecule has 2 N–H and O–H groups in total. The molecule has 1 aromatic carbocycles. The van der Waals surface area contributed by atoms with Crippen LogP contribution in [0.25, 0.3) is 16.9 Å². The zero-order chi connectivity index (χ0) is 33.0. The van der Waals surface area contributed by atoms with Crippen molar-refractivity contribution in [3.63, 3.8) is 0 Å². The van der Waals surface area contributed by atoms with Crippen LogP contribution in [0.2, 0.25) is 0 Å². The number of carbonyl (C=O) groups excluding carboxylic acids is 2. The zero-order valence-electron chi connectivity index (χ0n) is 25.6. The molecule has 1 saturated heterocycles. The van der Waals surface area contributed by atoms with E-state index >= 15 is 0 Å². The fourth-order valence-corrected chi connectivity index (χ4v) is 5.11. The number of hydrogen-bond donors (Lipinski definition) is 2. The first-order valence-electron chi connectivity index (χ1n) is 14.3. The average molecular weight is 638 g/mol. The highest BCUT2D eigenvalue weighted by atomic mass is 19.2. The van der Waals surface area contributed by atoms with Crippen LogP contribution in [0, 0.1) is 18.7 Å².